The largest absolute Gasteiger partial charge is 0.397 e. The number of hydrogen-bond donors (Lipinski definition) is 2. The number of hydrogen-bond acceptors (Lipinski definition) is 4. The van der Waals surface area contributed by atoms with E-state index in [9.17, 15) is 13.5 Å². The first kappa shape index (κ1) is 26.1. The van der Waals surface area contributed by atoms with Crippen molar-refractivity contribution in [3.05, 3.63) is 24.3 Å². The van der Waals surface area contributed by atoms with Gasteiger partial charge in [0.1, 0.15) is 12.7 Å². The maximum Gasteiger partial charge on any atom is 0.397 e. The maximum atomic E-state index is 10.3. The van der Waals surface area contributed by atoms with Crippen molar-refractivity contribution in [3.8, 4) is 59.7 Å². The highest BCUT2D eigenvalue weighted by molar-refractivity contribution is 7.80. The molecule has 0 aliphatic carbocycles. The van der Waals surface area contributed by atoms with Gasteiger partial charge in [0, 0.05) is 12.8 Å². The molecule has 0 fully saturated rings. The molecular formula is C23H24O5S. The molecule has 0 radical (unpaired) electrons. The molecule has 0 bridgehead atoms. The minimum atomic E-state index is -4.58. The van der Waals surface area contributed by atoms with Crippen molar-refractivity contribution in [2.24, 2.45) is 0 Å². The Morgan fingerprint density at radius 1 is 0.931 bits per heavy atom. The smallest absolute Gasteiger partial charge is 0.378 e. The molecule has 0 spiro atoms. The zero-order valence-electron chi connectivity index (χ0n) is 16.1. The molecule has 0 amide bonds. The number of rotatable bonds is 10. The molecule has 0 aliphatic heterocycles. The van der Waals surface area contributed by atoms with E-state index in [-0.39, 0.29) is 0 Å². The zero-order valence-corrected chi connectivity index (χ0v) is 17.0. The van der Waals surface area contributed by atoms with Gasteiger partial charge in [-0.2, -0.15) is 8.42 Å². The highest BCUT2D eigenvalue weighted by Crippen LogP contribution is 2.01. The van der Waals surface area contributed by atoms with Crippen LogP contribution in [-0.2, 0) is 14.6 Å². The summed E-state index contributed by atoms with van der Waals surface area (Å²) in [5.41, 5.74) is 0. The second-order valence-corrected chi connectivity index (χ2v) is 6.57. The van der Waals surface area contributed by atoms with E-state index >= 15 is 0 Å². The third-order valence-corrected chi connectivity index (χ3v) is 3.43. The third kappa shape index (κ3) is 23.1. The van der Waals surface area contributed by atoms with E-state index in [1.165, 1.54) is 0 Å². The van der Waals surface area contributed by atoms with E-state index in [0.29, 0.717) is 12.8 Å². The Bertz CT molecular complexity index is 921. The Balaban J connectivity index is 3.82. The number of unbranched alkanes of at least 4 members (excludes halogenated alkanes) is 5. The minimum absolute atomic E-state index is 0.588. The van der Waals surface area contributed by atoms with Gasteiger partial charge in [0.25, 0.3) is 0 Å². The van der Waals surface area contributed by atoms with Gasteiger partial charge >= 0.3 is 10.4 Å². The van der Waals surface area contributed by atoms with Crippen LogP contribution in [0, 0.1) is 59.7 Å². The van der Waals surface area contributed by atoms with E-state index in [2.05, 4.69) is 57.5 Å². The summed E-state index contributed by atoms with van der Waals surface area (Å²) in [6.07, 6.45) is 17.5. The molecule has 152 valence electrons. The van der Waals surface area contributed by atoms with Gasteiger partial charge in [-0.3, -0.25) is 4.55 Å². The van der Waals surface area contributed by atoms with Crippen molar-refractivity contribution in [1.82, 2.24) is 0 Å². The van der Waals surface area contributed by atoms with Crippen LogP contribution >= 0.6 is 0 Å². The number of aliphatic hydroxyl groups excluding tert-OH is 1. The molecule has 29 heavy (non-hydrogen) atoms. The number of allylic oxidation sites excluding steroid dienone is 4. The lowest BCUT2D eigenvalue weighted by atomic mass is 10.2. The van der Waals surface area contributed by atoms with E-state index in [1.807, 2.05) is 18.2 Å². The summed E-state index contributed by atoms with van der Waals surface area (Å²) in [6.45, 7) is -0.649. The van der Waals surface area contributed by atoms with Gasteiger partial charge in [-0.1, -0.05) is 41.8 Å². The first-order valence-electron chi connectivity index (χ1n) is 8.98. The minimum Gasteiger partial charge on any atom is -0.378 e. The Morgan fingerprint density at radius 2 is 1.55 bits per heavy atom. The van der Waals surface area contributed by atoms with Crippen LogP contribution < -0.4 is 0 Å². The SMILES string of the molecule is C#CC=CCCCCC=CC#CC#CCCCC#CC#CC(O)COS(=O)(=O)O. The fourth-order valence-electron chi connectivity index (χ4n) is 1.69. The Labute approximate surface area is 174 Å². The third-order valence-electron chi connectivity index (χ3n) is 3.00. The van der Waals surface area contributed by atoms with Gasteiger partial charge in [0.15, 0.2) is 0 Å². The standard InChI is InChI=1S/C23H24O5S/c1-2-3-4-5-6-7-8-9-10-11-12-13-14-15-16-17-18-19-20-21-23(24)22-28-29(25,26)27/h1,3-4,9-10,23-24H,5-8,15-17,22H2,(H,25,26,27). The highest BCUT2D eigenvalue weighted by atomic mass is 32.3. The molecule has 0 saturated carbocycles. The lowest BCUT2D eigenvalue weighted by molar-refractivity contribution is 0.144. The molecule has 0 aliphatic rings. The molecule has 1 unspecified atom stereocenters. The average Bonchev–Trinajstić information content (AvgIpc) is 2.67. The first-order valence-corrected chi connectivity index (χ1v) is 10.3. The van der Waals surface area contributed by atoms with E-state index in [0.717, 1.165) is 32.1 Å². The van der Waals surface area contributed by atoms with Gasteiger partial charge in [0.2, 0.25) is 0 Å². The second-order valence-electron chi connectivity index (χ2n) is 5.48. The number of terminal acetylenes is 1. The van der Waals surface area contributed by atoms with Crippen molar-refractivity contribution in [2.45, 2.75) is 51.0 Å². The van der Waals surface area contributed by atoms with Crippen molar-refractivity contribution >= 4 is 10.4 Å². The van der Waals surface area contributed by atoms with Crippen molar-refractivity contribution in [3.63, 3.8) is 0 Å². The van der Waals surface area contributed by atoms with Crippen LogP contribution in [-0.4, -0.2) is 30.8 Å². The molecule has 6 heteroatoms. The van der Waals surface area contributed by atoms with Crippen molar-refractivity contribution in [2.75, 3.05) is 6.61 Å². The van der Waals surface area contributed by atoms with Crippen LogP contribution in [0.2, 0.25) is 0 Å². The summed E-state index contributed by atoms with van der Waals surface area (Å²) in [6, 6.07) is 0. The molecule has 2 N–H and O–H groups in total. The second kappa shape index (κ2) is 18.5. The Hall–Kier alpha value is -2.89. The molecule has 0 aromatic carbocycles. The van der Waals surface area contributed by atoms with Crippen molar-refractivity contribution in [1.29, 1.82) is 0 Å². The first-order chi connectivity index (χ1) is 14.0. The fourth-order valence-corrected chi connectivity index (χ4v) is 1.99. The molecule has 0 rings (SSSR count). The molecule has 0 aromatic rings. The average molecular weight is 413 g/mol. The van der Waals surface area contributed by atoms with Crippen LogP contribution in [0.25, 0.3) is 0 Å². The molecule has 0 aromatic heterocycles. The van der Waals surface area contributed by atoms with Crippen LogP contribution in [0.15, 0.2) is 24.3 Å². The van der Waals surface area contributed by atoms with Gasteiger partial charge in [-0.25, -0.2) is 4.18 Å². The molecule has 1 atom stereocenters. The van der Waals surface area contributed by atoms with E-state index < -0.39 is 23.1 Å². The lowest BCUT2D eigenvalue weighted by Crippen LogP contribution is -2.16. The van der Waals surface area contributed by atoms with Gasteiger partial charge < -0.3 is 5.11 Å². The molecular weight excluding hydrogens is 388 g/mol. The molecule has 0 heterocycles. The lowest BCUT2D eigenvalue weighted by Gasteiger charge is -2.00. The summed E-state index contributed by atoms with van der Waals surface area (Å²) < 4.78 is 32.9. The quantitative estimate of drug-likeness (QED) is 0.327. The Kier molecular flexibility index (Phi) is 16.6. The summed E-state index contributed by atoms with van der Waals surface area (Å²) >= 11 is 0. The van der Waals surface area contributed by atoms with Gasteiger partial charge in [0.05, 0.1) is 0 Å². The van der Waals surface area contributed by atoms with Crippen LogP contribution in [0.5, 0.6) is 0 Å². The summed E-state index contributed by atoms with van der Waals surface area (Å²) in [5, 5.41) is 9.27. The van der Waals surface area contributed by atoms with Crippen LogP contribution in [0.3, 0.4) is 0 Å². The van der Waals surface area contributed by atoms with E-state index in [1.54, 1.807) is 6.08 Å². The summed E-state index contributed by atoms with van der Waals surface area (Å²) in [5.74, 6) is 23.8. The predicted octanol–water partition coefficient (Wildman–Crippen LogP) is 2.66. The number of aliphatic hydroxyl groups is 1. The van der Waals surface area contributed by atoms with Crippen LogP contribution in [0.1, 0.15) is 44.9 Å². The highest BCUT2D eigenvalue weighted by Gasteiger charge is 2.07. The Morgan fingerprint density at radius 3 is 2.17 bits per heavy atom. The summed E-state index contributed by atoms with van der Waals surface area (Å²) in [4.78, 5) is 0. The van der Waals surface area contributed by atoms with Crippen molar-refractivity contribution < 1.29 is 22.3 Å². The fraction of sp³-hybridized carbons (Fsp3) is 0.391. The normalized spacial score (nSPS) is 11.1. The van der Waals surface area contributed by atoms with Crippen LogP contribution in [0.4, 0.5) is 0 Å². The zero-order chi connectivity index (χ0) is 21.6. The molecule has 5 nitrogen and oxygen atoms in total. The van der Waals surface area contributed by atoms with Gasteiger partial charge in [-0.15, -0.1) is 6.42 Å². The van der Waals surface area contributed by atoms with Gasteiger partial charge in [-0.05, 0) is 67.9 Å². The summed E-state index contributed by atoms with van der Waals surface area (Å²) in [7, 11) is -4.58. The van der Waals surface area contributed by atoms with E-state index in [4.69, 9.17) is 11.0 Å². The predicted molar refractivity (Wildman–Crippen MR) is 114 cm³/mol. The maximum absolute atomic E-state index is 10.3. The monoisotopic (exact) mass is 412 g/mol. The molecule has 0 saturated heterocycles. The topological polar surface area (TPSA) is 83.8 Å².